The minimum absolute atomic E-state index is 0.116. The van der Waals surface area contributed by atoms with E-state index in [1.54, 1.807) is 20.2 Å². The van der Waals surface area contributed by atoms with Crippen molar-refractivity contribution in [3.8, 4) is 0 Å². The van der Waals surface area contributed by atoms with E-state index in [0.29, 0.717) is 11.7 Å². The van der Waals surface area contributed by atoms with Crippen LogP contribution in [0.1, 0.15) is 29.8 Å². The van der Waals surface area contributed by atoms with Crippen molar-refractivity contribution in [3.05, 3.63) is 17.8 Å². The molecule has 1 aromatic heterocycles. The number of carbonyl (C=O) groups excluding carboxylic acids is 1. The van der Waals surface area contributed by atoms with Crippen molar-refractivity contribution >= 4 is 11.7 Å². The normalized spacial score (nSPS) is 18.9. The second kappa shape index (κ2) is 6.65. The van der Waals surface area contributed by atoms with Crippen molar-refractivity contribution in [3.63, 3.8) is 0 Å². The molecule has 1 amide bonds. The molecular weight excluding hydrogens is 254 g/mol. The minimum Gasteiger partial charge on any atom is -0.351 e. The molecule has 0 spiro atoms. The Morgan fingerprint density at radius 2 is 2.20 bits per heavy atom. The first-order valence-electron chi connectivity index (χ1n) is 7.10. The second-order valence-electron chi connectivity index (χ2n) is 5.38. The van der Waals surface area contributed by atoms with Crippen molar-refractivity contribution in [1.82, 2.24) is 20.4 Å². The predicted molar refractivity (Wildman–Crippen MR) is 79.0 cm³/mol. The lowest BCUT2D eigenvalue weighted by atomic mass is 10.0. The van der Waals surface area contributed by atoms with E-state index in [1.165, 1.54) is 24.2 Å². The van der Waals surface area contributed by atoms with E-state index in [0.717, 1.165) is 18.9 Å². The number of aromatic nitrogens is 2. The van der Waals surface area contributed by atoms with Gasteiger partial charge in [0.15, 0.2) is 11.5 Å². The molecule has 1 fully saturated rings. The van der Waals surface area contributed by atoms with Gasteiger partial charge in [-0.25, -0.2) is 0 Å². The zero-order valence-electron chi connectivity index (χ0n) is 12.5. The van der Waals surface area contributed by atoms with Crippen LogP contribution in [0, 0.1) is 0 Å². The number of anilines is 1. The maximum Gasteiger partial charge on any atom is 0.273 e. The summed E-state index contributed by atoms with van der Waals surface area (Å²) in [4.78, 5) is 15.6. The highest BCUT2D eigenvalue weighted by molar-refractivity contribution is 5.91. The molecule has 1 aliphatic heterocycles. The van der Waals surface area contributed by atoms with Gasteiger partial charge in [-0.15, -0.1) is 10.2 Å². The van der Waals surface area contributed by atoms with Crippen LogP contribution in [0.15, 0.2) is 12.1 Å². The van der Waals surface area contributed by atoms with E-state index in [-0.39, 0.29) is 5.91 Å². The van der Waals surface area contributed by atoms with Crippen molar-refractivity contribution < 1.29 is 4.79 Å². The summed E-state index contributed by atoms with van der Waals surface area (Å²) in [6.45, 7) is 1.95. The Morgan fingerprint density at radius 3 is 2.80 bits per heavy atom. The summed E-state index contributed by atoms with van der Waals surface area (Å²) in [7, 11) is 5.40. The molecule has 0 aromatic carbocycles. The summed E-state index contributed by atoms with van der Waals surface area (Å²) in [5.74, 6) is 0.745. The van der Waals surface area contributed by atoms with E-state index in [2.05, 4.69) is 20.4 Å². The molecule has 110 valence electrons. The molecule has 1 unspecified atom stereocenters. The van der Waals surface area contributed by atoms with Crippen molar-refractivity contribution in [2.75, 3.05) is 39.1 Å². The lowest BCUT2D eigenvalue weighted by molar-refractivity contribution is 0.0821. The Labute approximate surface area is 120 Å². The molecule has 0 radical (unpaired) electrons. The Hall–Kier alpha value is -1.69. The van der Waals surface area contributed by atoms with Crippen molar-refractivity contribution in [2.45, 2.75) is 25.3 Å². The van der Waals surface area contributed by atoms with E-state index in [4.69, 9.17) is 0 Å². The largest absolute Gasteiger partial charge is 0.351 e. The molecule has 2 rings (SSSR count). The van der Waals surface area contributed by atoms with Gasteiger partial charge in [-0.1, -0.05) is 0 Å². The Balaban J connectivity index is 2.13. The van der Waals surface area contributed by atoms with Gasteiger partial charge in [-0.3, -0.25) is 4.79 Å². The first-order valence-corrected chi connectivity index (χ1v) is 7.10. The third-order valence-corrected chi connectivity index (χ3v) is 3.64. The zero-order chi connectivity index (χ0) is 14.5. The summed E-state index contributed by atoms with van der Waals surface area (Å²) in [6.07, 6.45) is 3.61. The topological polar surface area (TPSA) is 61.4 Å². The van der Waals surface area contributed by atoms with Gasteiger partial charge in [0.1, 0.15) is 0 Å². The Morgan fingerprint density at radius 1 is 1.40 bits per heavy atom. The van der Waals surface area contributed by atoms with Gasteiger partial charge >= 0.3 is 0 Å². The standard InChI is InChI=1S/C14H23N5O/c1-15-10-11-6-4-5-9-19(11)13-8-7-12(16-17-13)14(20)18(2)3/h7-8,11,15H,4-6,9-10H2,1-3H3. The molecule has 1 aromatic rings. The molecule has 1 atom stereocenters. The van der Waals surface area contributed by atoms with Crippen molar-refractivity contribution in [2.24, 2.45) is 0 Å². The van der Waals surface area contributed by atoms with Gasteiger partial charge in [0, 0.05) is 33.2 Å². The van der Waals surface area contributed by atoms with Crippen LogP contribution >= 0.6 is 0 Å². The number of likely N-dealkylation sites (N-methyl/N-ethyl adjacent to an activating group) is 1. The lowest BCUT2D eigenvalue weighted by Gasteiger charge is -2.36. The van der Waals surface area contributed by atoms with Gasteiger partial charge in [0.2, 0.25) is 0 Å². The number of nitrogens with one attached hydrogen (secondary N) is 1. The average Bonchev–Trinajstić information content (AvgIpc) is 2.47. The van der Waals surface area contributed by atoms with E-state index in [9.17, 15) is 4.79 Å². The number of amides is 1. The molecular formula is C14H23N5O. The van der Waals surface area contributed by atoms with Gasteiger partial charge in [0.05, 0.1) is 0 Å². The van der Waals surface area contributed by atoms with Crippen LogP contribution in [0.5, 0.6) is 0 Å². The summed E-state index contributed by atoms with van der Waals surface area (Å²) in [5, 5.41) is 11.5. The average molecular weight is 277 g/mol. The fourth-order valence-corrected chi connectivity index (χ4v) is 2.57. The van der Waals surface area contributed by atoms with Crippen LogP contribution in [-0.4, -0.2) is 61.3 Å². The van der Waals surface area contributed by atoms with Gasteiger partial charge < -0.3 is 15.1 Å². The number of rotatable bonds is 4. The molecule has 0 bridgehead atoms. The maximum atomic E-state index is 11.8. The van der Waals surface area contributed by atoms with Crippen LogP contribution in [0.25, 0.3) is 0 Å². The van der Waals surface area contributed by atoms with Crippen LogP contribution in [0.3, 0.4) is 0 Å². The van der Waals surface area contributed by atoms with Crippen LogP contribution in [0.2, 0.25) is 0 Å². The highest BCUT2D eigenvalue weighted by Gasteiger charge is 2.23. The SMILES string of the molecule is CNCC1CCCCN1c1ccc(C(=O)N(C)C)nn1. The summed E-state index contributed by atoms with van der Waals surface area (Å²) in [5.41, 5.74) is 0.390. The van der Waals surface area contributed by atoms with Crippen LogP contribution in [-0.2, 0) is 0 Å². The van der Waals surface area contributed by atoms with Crippen LogP contribution < -0.4 is 10.2 Å². The van der Waals surface area contributed by atoms with E-state index in [1.807, 2.05) is 13.1 Å². The number of hydrogen-bond donors (Lipinski definition) is 1. The molecule has 1 aliphatic rings. The lowest BCUT2D eigenvalue weighted by Crippen LogP contribution is -2.45. The molecule has 1 saturated heterocycles. The number of piperidine rings is 1. The number of nitrogens with zero attached hydrogens (tertiary/aromatic N) is 4. The van der Waals surface area contributed by atoms with E-state index < -0.39 is 0 Å². The predicted octanol–water partition coefficient (Wildman–Crippen LogP) is 0.757. The highest BCUT2D eigenvalue weighted by Crippen LogP contribution is 2.22. The Kier molecular flexibility index (Phi) is 4.89. The first kappa shape index (κ1) is 14.7. The minimum atomic E-state index is -0.116. The number of hydrogen-bond acceptors (Lipinski definition) is 5. The molecule has 6 nitrogen and oxygen atoms in total. The molecule has 2 heterocycles. The molecule has 0 saturated carbocycles. The Bertz CT molecular complexity index is 443. The third-order valence-electron chi connectivity index (χ3n) is 3.64. The zero-order valence-corrected chi connectivity index (χ0v) is 12.5. The molecule has 0 aliphatic carbocycles. The second-order valence-corrected chi connectivity index (χ2v) is 5.38. The highest BCUT2D eigenvalue weighted by atomic mass is 16.2. The first-order chi connectivity index (χ1) is 9.63. The fraction of sp³-hybridized carbons (Fsp3) is 0.643. The van der Waals surface area contributed by atoms with Crippen molar-refractivity contribution in [1.29, 1.82) is 0 Å². The monoisotopic (exact) mass is 277 g/mol. The summed E-state index contributed by atoms with van der Waals surface area (Å²) in [6, 6.07) is 4.12. The van der Waals surface area contributed by atoms with Gasteiger partial charge in [-0.05, 0) is 38.4 Å². The quantitative estimate of drug-likeness (QED) is 0.880. The molecule has 20 heavy (non-hydrogen) atoms. The van der Waals surface area contributed by atoms with Gasteiger partial charge in [0.25, 0.3) is 5.91 Å². The van der Waals surface area contributed by atoms with E-state index >= 15 is 0 Å². The third kappa shape index (κ3) is 3.25. The summed E-state index contributed by atoms with van der Waals surface area (Å²) < 4.78 is 0. The summed E-state index contributed by atoms with van der Waals surface area (Å²) >= 11 is 0. The number of carbonyl (C=O) groups is 1. The fourth-order valence-electron chi connectivity index (χ4n) is 2.57. The smallest absolute Gasteiger partial charge is 0.273 e. The van der Waals surface area contributed by atoms with Gasteiger partial charge in [-0.2, -0.15) is 0 Å². The molecule has 1 N–H and O–H groups in total. The molecule has 6 heteroatoms. The van der Waals surface area contributed by atoms with Crippen LogP contribution in [0.4, 0.5) is 5.82 Å². The maximum absolute atomic E-state index is 11.8.